The minimum absolute atomic E-state index is 0.0243. The van der Waals surface area contributed by atoms with Gasteiger partial charge in [0.15, 0.2) is 0 Å². The Kier molecular flexibility index (Phi) is 5.40. The van der Waals surface area contributed by atoms with E-state index in [2.05, 4.69) is 0 Å². The van der Waals surface area contributed by atoms with E-state index in [1.54, 1.807) is 4.90 Å². The molecule has 116 valence electrons. The van der Waals surface area contributed by atoms with Crippen molar-refractivity contribution < 1.29 is 17.9 Å². The predicted octanol–water partition coefficient (Wildman–Crippen LogP) is 0.440. The summed E-state index contributed by atoms with van der Waals surface area (Å²) in [5.74, 6) is -0.0243. The zero-order chi connectivity index (χ0) is 14.6. The van der Waals surface area contributed by atoms with Gasteiger partial charge in [0.2, 0.25) is 15.9 Å². The molecule has 2 fully saturated rings. The molecule has 1 heterocycles. The minimum atomic E-state index is -3.14. The van der Waals surface area contributed by atoms with Crippen LogP contribution in [0.25, 0.3) is 0 Å². The van der Waals surface area contributed by atoms with E-state index in [0.29, 0.717) is 26.2 Å². The van der Waals surface area contributed by atoms with Crippen molar-refractivity contribution in [2.24, 2.45) is 0 Å². The maximum Gasteiger partial charge on any atom is 0.248 e. The highest BCUT2D eigenvalue weighted by molar-refractivity contribution is 7.88. The van der Waals surface area contributed by atoms with Crippen LogP contribution in [0.4, 0.5) is 0 Å². The van der Waals surface area contributed by atoms with Crippen molar-refractivity contribution in [1.29, 1.82) is 0 Å². The fourth-order valence-electron chi connectivity index (χ4n) is 2.78. The van der Waals surface area contributed by atoms with Gasteiger partial charge in [-0.3, -0.25) is 4.79 Å². The average molecular weight is 304 g/mol. The molecule has 20 heavy (non-hydrogen) atoms. The van der Waals surface area contributed by atoms with E-state index in [9.17, 15) is 13.2 Å². The monoisotopic (exact) mass is 304 g/mol. The summed E-state index contributed by atoms with van der Waals surface area (Å²) in [6, 6.07) is 0. The first-order valence-corrected chi connectivity index (χ1v) is 9.16. The van der Waals surface area contributed by atoms with E-state index in [1.165, 1.54) is 29.8 Å². The second kappa shape index (κ2) is 6.87. The van der Waals surface area contributed by atoms with Crippen LogP contribution in [0.1, 0.15) is 32.1 Å². The number of hydrogen-bond donors (Lipinski definition) is 0. The molecule has 0 bridgehead atoms. The van der Waals surface area contributed by atoms with E-state index in [-0.39, 0.29) is 18.6 Å². The molecular formula is C13H24N2O4S. The van der Waals surface area contributed by atoms with E-state index in [0.717, 1.165) is 12.8 Å². The van der Waals surface area contributed by atoms with Gasteiger partial charge in [0, 0.05) is 26.2 Å². The summed E-state index contributed by atoms with van der Waals surface area (Å²) in [7, 11) is -3.14. The van der Waals surface area contributed by atoms with Crippen LogP contribution in [0.5, 0.6) is 0 Å². The number of carbonyl (C=O) groups is 1. The Morgan fingerprint density at radius 3 is 2.25 bits per heavy atom. The largest absolute Gasteiger partial charge is 0.368 e. The summed E-state index contributed by atoms with van der Waals surface area (Å²) < 4.78 is 29.9. The fraction of sp³-hybridized carbons (Fsp3) is 0.923. The highest BCUT2D eigenvalue weighted by Crippen LogP contribution is 2.20. The van der Waals surface area contributed by atoms with Crippen LogP contribution < -0.4 is 0 Å². The first-order chi connectivity index (χ1) is 9.47. The van der Waals surface area contributed by atoms with Crippen molar-refractivity contribution in [2.75, 3.05) is 39.0 Å². The number of ether oxygens (including phenoxy) is 1. The van der Waals surface area contributed by atoms with Crippen LogP contribution in [-0.2, 0) is 19.6 Å². The molecule has 0 N–H and O–H groups in total. The molecule has 2 aliphatic rings. The molecule has 0 unspecified atom stereocenters. The number of sulfonamides is 1. The van der Waals surface area contributed by atoms with Crippen molar-refractivity contribution in [3.8, 4) is 0 Å². The predicted molar refractivity (Wildman–Crippen MR) is 75.8 cm³/mol. The normalized spacial score (nSPS) is 22.9. The molecule has 1 amide bonds. The number of amides is 1. The van der Waals surface area contributed by atoms with Crippen LogP contribution in [-0.4, -0.2) is 68.7 Å². The summed E-state index contributed by atoms with van der Waals surface area (Å²) in [5, 5.41) is 0. The Hall–Kier alpha value is -0.660. The fourth-order valence-corrected chi connectivity index (χ4v) is 3.61. The molecule has 0 spiro atoms. The molecule has 0 atom stereocenters. The summed E-state index contributed by atoms with van der Waals surface area (Å²) in [6.45, 7) is 1.81. The van der Waals surface area contributed by atoms with Gasteiger partial charge in [-0.15, -0.1) is 0 Å². The lowest BCUT2D eigenvalue weighted by molar-refractivity contribution is -0.140. The van der Waals surface area contributed by atoms with Crippen LogP contribution in [0.3, 0.4) is 0 Å². The lowest BCUT2D eigenvalue weighted by Gasteiger charge is -2.33. The van der Waals surface area contributed by atoms with Crippen molar-refractivity contribution in [2.45, 2.75) is 38.2 Å². The van der Waals surface area contributed by atoms with Crippen molar-refractivity contribution in [3.05, 3.63) is 0 Å². The lowest BCUT2D eigenvalue weighted by atomic mass is 9.98. The maximum absolute atomic E-state index is 12.0. The highest BCUT2D eigenvalue weighted by atomic mass is 32.2. The molecule has 2 rings (SSSR count). The van der Waals surface area contributed by atoms with Gasteiger partial charge in [0.05, 0.1) is 12.4 Å². The van der Waals surface area contributed by atoms with E-state index in [4.69, 9.17) is 4.74 Å². The Labute approximate surface area is 121 Å². The van der Waals surface area contributed by atoms with Gasteiger partial charge in [-0.25, -0.2) is 8.42 Å². The number of hydrogen-bond acceptors (Lipinski definition) is 4. The second-order valence-electron chi connectivity index (χ2n) is 5.61. The molecular weight excluding hydrogens is 280 g/mol. The third kappa shape index (κ3) is 4.43. The third-order valence-electron chi connectivity index (χ3n) is 4.06. The first kappa shape index (κ1) is 15.7. The molecule has 0 aromatic carbocycles. The van der Waals surface area contributed by atoms with Gasteiger partial charge >= 0.3 is 0 Å². The Morgan fingerprint density at radius 2 is 1.70 bits per heavy atom. The highest BCUT2D eigenvalue weighted by Gasteiger charge is 2.26. The third-order valence-corrected chi connectivity index (χ3v) is 5.36. The molecule has 1 saturated heterocycles. The molecule has 1 saturated carbocycles. The van der Waals surface area contributed by atoms with Gasteiger partial charge in [0.25, 0.3) is 0 Å². The van der Waals surface area contributed by atoms with E-state index < -0.39 is 10.0 Å². The zero-order valence-electron chi connectivity index (χ0n) is 12.1. The van der Waals surface area contributed by atoms with Crippen LogP contribution in [0, 0.1) is 0 Å². The average Bonchev–Trinajstić information content (AvgIpc) is 2.45. The van der Waals surface area contributed by atoms with Gasteiger partial charge in [-0.2, -0.15) is 4.31 Å². The summed E-state index contributed by atoms with van der Waals surface area (Å²) in [5.41, 5.74) is 0. The van der Waals surface area contributed by atoms with E-state index >= 15 is 0 Å². The number of nitrogens with zero attached hydrogens (tertiary/aromatic N) is 2. The van der Waals surface area contributed by atoms with Gasteiger partial charge in [-0.1, -0.05) is 19.3 Å². The smallest absolute Gasteiger partial charge is 0.248 e. The van der Waals surface area contributed by atoms with Crippen LogP contribution >= 0.6 is 0 Å². The molecule has 1 aliphatic carbocycles. The molecule has 0 aromatic rings. The maximum atomic E-state index is 12.0. The molecule has 7 heteroatoms. The molecule has 0 radical (unpaired) electrons. The molecule has 6 nitrogen and oxygen atoms in total. The van der Waals surface area contributed by atoms with Crippen LogP contribution in [0.15, 0.2) is 0 Å². The molecule has 1 aliphatic heterocycles. The first-order valence-electron chi connectivity index (χ1n) is 7.31. The number of carbonyl (C=O) groups excluding carboxylic acids is 1. The zero-order valence-corrected chi connectivity index (χ0v) is 12.9. The van der Waals surface area contributed by atoms with Gasteiger partial charge in [-0.05, 0) is 12.8 Å². The van der Waals surface area contributed by atoms with Crippen molar-refractivity contribution >= 4 is 15.9 Å². The summed E-state index contributed by atoms with van der Waals surface area (Å²) in [4.78, 5) is 13.7. The van der Waals surface area contributed by atoms with E-state index in [1.807, 2.05) is 0 Å². The van der Waals surface area contributed by atoms with Gasteiger partial charge in [0.1, 0.15) is 6.61 Å². The number of piperazine rings is 1. The van der Waals surface area contributed by atoms with Crippen molar-refractivity contribution in [1.82, 2.24) is 9.21 Å². The number of rotatable bonds is 4. The molecule has 0 aromatic heterocycles. The standard InChI is InChI=1S/C13H24N2O4S/c1-20(17,18)15-9-7-14(8-10-15)13(16)11-19-12-5-3-2-4-6-12/h12H,2-11H2,1H3. The SMILES string of the molecule is CS(=O)(=O)N1CCN(C(=O)COC2CCCCC2)CC1. The Morgan fingerprint density at radius 1 is 1.10 bits per heavy atom. The Bertz CT molecular complexity index is 424. The second-order valence-corrected chi connectivity index (χ2v) is 7.60. The quantitative estimate of drug-likeness (QED) is 0.756. The van der Waals surface area contributed by atoms with Crippen LogP contribution in [0.2, 0.25) is 0 Å². The summed E-state index contributed by atoms with van der Waals surface area (Å²) in [6.07, 6.45) is 7.17. The van der Waals surface area contributed by atoms with Crippen molar-refractivity contribution in [3.63, 3.8) is 0 Å². The minimum Gasteiger partial charge on any atom is -0.368 e. The summed E-state index contributed by atoms with van der Waals surface area (Å²) >= 11 is 0. The van der Waals surface area contributed by atoms with Gasteiger partial charge < -0.3 is 9.64 Å². The lowest BCUT2D eigenvalue weighted by Crippen LogP contribution is -2.51. The Balaban J connectivity index is 1.71. The topological polar surface area (TPSA) is 66.9 Å².